The van der Waals surface area contributed by atoms with E-state index >= 15 is 0 Å². The van der Waals surface area contributed by atoms with Crippen LogP contribution in [0.5, 0.6) is 0 Å². The van der Waals surface area contributed by atoms with Gasteiger partial charge in [-0.15, -0.1) is 0 Å². The number of anilines is 2. The Labute approximate surface area is 160 Å². The summed E-state index contributed by atoms with van der Waals surface area (Å²) in [7, 11) is 3.65. The molecule has 4 nitrogen and oxygen atoms in total. The van der Waals surface area contributed by atoms with E-state index in [9.17, 15) is 9.59 Å². The Morgan fingerprint density at radius 3 is 1.44 bits per heavy atom. The van der Waals surface area contributed by atoms with Crippen molar-refractivity contribution >= 4 is 23.2 Å². The molecule has 2 aromatic rings. The summed E-state index contributed by atoms with van der Waals surface area (Å²) in [6.07, 6.45) is 3.11. The lowest BCUT2D eigenvalue weighted by Gasteiger charge is -2.34. The van der Waals surface area contributed by atoms with Gasteiger partial charge in [0.25, 0.3) is 0 Å². The third kappa shape index (κ3) is 3.14. The van der Waals surface area contributed by atoms with Gasteiger partial charge in [-0.3, -0.25) is 9.59 Å². The summed E-state index contributed by atoms with van der Waals surface area (Å²) in [5.74, 6) is 0.375. The summed E-state index contributed by atoms with van der Waals surface area (Å²) >= 11 is 0. The number of para-hydroxylation sites is 2. The quantitative estimate of drug-likeness (QED) is 0.826. The molecule has 4 unspecified atom stereocenters. The molecule has 0 aliphatic heterocycles. The maximum Gasteiger partial charge on any atom is 0.230 e. The lowest BCUT2D eigenvalue weighted by atomic mass is 9.77. The van der Waals surface area contributed by atoms with Crippen molar-refractivity contribution in [2.24, 2.45) is 23.7 Å². The number of rotatable bonds is 4. The lowest BCUT2D eigenvalue weighted by molar-refractivity contribution is -0.133. The second-order valence-corrected chi connectivity index (χ2v) is 7.85. The largest absolute Gasteiger partial charge is 0.315 e. The minimum Gasteiger partial charge on any atom is -0.315 e. The van der Waals surface area contributed by atoms with Crippen LogP contribution in [0.2, 0.25) is 0 Å². The van der Waals surface area contributed by atoms with Crippen molar-refractivity contribution in [2.45, 2.75) is 19.3 Å². The highest BCUT2D eigenvalue weighted by Crippen LogP contribution is 2.53. The summed E-state index contributed by atoms with van der Waals surface area (Å²) in [6, 6.07) is 19.4. The van der Waals surface area contributed by atoms with Crippen LogP contribution in [0.1, 0.15) is 19.3 Å². The van der Waals surface area contributed by atoms with Crippen LogP contribution in [-0.4, -0.2) is 25.9 Å². The molecule has 0 saturated heterocycles. The average molecular weight is 362 g/mol. The first-order valence-electron chi connectivity index (χ1n) is 9.73. The third-order valence-corrected chi connectivity index (χ3v) is 6.43. The highest BCUT2D eigenvalue weighted by atomic mass is 16.2. The molecule has 0 radical (unpaired) electrons. The lowest BCUT2D eigenvalue weighted by Crippen LogP contribution is -2.46. The van der Waals surface area contributed by atoms with Gasteiger partial charge in [0.15, 0.2) is 0 Å². The molecule has 4 atom stereocenters. The van der Waals surface area contributed by atoms with E-state index in [4.69, 9.17) is 0 Å². The molecule has 0 aromatic heterocycles. The molecule has 0 N–H and O–H groups in total. The molecule has 2 aromatic carbocycles. The van der Waals surface area contributed by atoms with E-state index in [1.807, 2.05) is 74.8 Å². The maximum absolute atomic E-state index is 13.4. The molecule has 0 spiro atoms. The number of amides is 2. The zero-order valence-corrected chi connectivity index (χ0v) is 15.9. The molecule has 4 rings (SSSR count). The number of carbonyl (C=O) groups excluding carboxylic acids is 2. The second kappa shape index (κ2) is 7.18. The SMILES string of the molecule is CN(C(=O)C1C2CCC(C2)C1C(=O)N(C)c1ccccc1)c1ccccc1. The second-order valence-electron chi connectivity index (χ2n) is 7.85. The smallest absolute Gasteiger partial charge is 0.230 e. The normalized spacial score (nSPS) is 26.0. The Morgan fingerprint density at radius 2 is 1.07 bits per heavy atom. The van der Waals surface area contributed by atoms with Gasteiger partial charge in [0, 0.05) is 25.5 Å². The number of benzene rings is 2. The van der Waals surface area contributed by atoms with E-state index in [0.29, 0.717) is 11.8 Å². The zero-order valence-electron chi connectivity index (χ0n) is 15.9. The summed E-state index contributed by atoms with van der Waals surface area (Å²) < 4.78 is 0. The molecule has 2 saturated carbocycles. The molecule has 2 aliphatic rings. The van der Waals surface area contributed by atoms with Gasteiger partial charge in [-0.2, -0.15) is 0 Å². The van der Waals surface area contributed by atoms with Crippen LogP contribution >= 0.6 is 0 Å². The summed E-state index contributed by atoms with van der Waals surface area (Å²) in [4.78, 5) is 30.2. The van der Waals surface area contributed by atoms with Gasteiger partial charge in [-0.1, -0.05) is 36.4 Å². The van der Waals surface area contributed by atoms with Crippen LogP contribution in [0.3, 0.4) is 0 Å². The number of fused-ring (bicyclic) bond motifs is 2. The van der Waals surface area contributed by atoms with Crippen LogP contribution in [0.25, 0.3) is 0 Å². The average Bonchev–Trinajstić information content (AvgIpc) is 3.34. The van der Waals surface area contributed by atoms with Gasteiger partial charge >= 0.3 is 0 Å². The van der Waals surface area contributed by atoms with Crippen LogP contribution < -0.4 is 9.80 Å². The Bertz CT molecular complexity index is 751. The van der Waals surface area contributed by atoms with Crippen LogP contribution in [-0.2, 0) is 9.59 Å². The molecular formula is C23H26N2O2. The van der Waals surface area contributed by atoms with Gasteiger partial charge in [0.05, 0.1) is 11.8 Å². The van der Waals surface area contributed by atoms with Crippen molar-refractivity contribution in [3.05, 3.63) is 60.7 Å². The minimum atomic E-state index is -0.215. The Balaban J connectivity index is 1.59. The zero-order chi connectivity index (χ0) is 19.0. The van der Waals surface area contributed by atoms with Crippen molar-refractivity contribution in [3.8, 4) is 0 Å². The van der Waals surface area contributed by atoms with E-state index in [1.165, 1.54) is 0 Å². The fraction of sp³-hybridized carbons (Fsp3) is 0.391. The van der Waals surface area contributed by atoms with Gasteiger partial charge in [-0.05, 0) is 55.4 Å². The Hall–Kier alpha value is -2.62. The molecule has 2 fully saturated rings. The van der Waals surface area contributed by atoms with Gasteiger partial charge < -0.3 is 9.80 Å². The molecule has 2 aliphatic carbocycles. The predicted molar refractivity (Wildman–Crippen MR) is 108 cm³/mol. The fourth-order valence-electron chi connectivity index (χ4n) is 5.01. The molecule has 2 bridgehead atoms. The fourth-order valence-corrected chi connectivity index (χ4v) is 5.01. The van der Waals surface area contributed by atoms with Crippen molar-refractivity contribution in [2.75, 3.05) is 23.9 Å². The predicted octanol–water partition coefficient (Wildman–Crippen LogP) is 3.97. The van der Waals surface area contributed by atoms with Crippen LogP contribution in [0, 0.1) is 23.7 Å². The molecular weight excluding hydrogens is 336 g/mol. The van der Waals surface area contributed by atoms with E-state index in [-0.39, 0.29) is 23.7 Å². The summed E-state index contributed by atoms with van der Waals surface area (Å²) in [5.41, 5.74) is 1.76. The number of carbonyl (C=O) groups is 2. The first-order chi connectivity index (χ1) is 13.1. The van der Waals surface area contributed by atoms with Crippen molar-refractivity contribution < 1.29 is 9.59 Å². The summed E-state index contributed by atoms with van der Waals surface area (Å²) in [6.45, 7) is 0. The van der Waals surface area contributed by atoms with Crippen LogP contribution in [0.15, 0.2) is 60.7 Å². The maximum atomic E-state index is 13.4. The number of hydrogen-bond acceptors (Lipinski definition) is 2. The Morgan fingerprint density at radius 1 is 0.704 bits per heavy atom. The van der Waals surface area contributed by atoms with Crippen molar-refractivity contribution in [1.29, 1.82) is 0 Å². The topological polar surface area (TPSA) is 40.6 Å². The first-order valence-corrected chi connectivity index (χ1v) is 9.73. The number of hydrogen-bond donors (Lipinski definition) is 0. The molecule has 27 heavy (non-hydrogen) atoms. The van der Waals surface area contributed by atoms with Gasteiger partial charge in [0.2, 0.25) is 11.8 Å². The highest BCUT2D eigenvalue weighted by Gasteiger charge is 2.55. The molecule has 2 amide bonds. The van der Waals surface area contributed by atoms with Gasteiger partial charge in [0.1, 0.15) is 0 Å². The van der Waals surface area contributed by atoms with E-state index < -0.39 is 0 Å². The molecule has 140 valence electrons. The van der Waals surface area contributed by atoms with Crippen molar-refractivity contribution in [1.82, 2.24) is 0 Å². The molecule has 4 heteroatoms. The number of nitrogens with zero attached hydrogens (tertiary/aromatic N) is 2. The van der Waals surface area contributed by atoms with E-state index in [1.54, 1.807) is 9.80 Å². The molecule has 0 heterocycles. The van der Waals surface area contributed by atoms with Gasteiger partial charge in [-0.25, -0.2) is 0 Å². The first kappa shape index (κ1) is 17.8. The van der Waals surface area contributed by atoms with Crippen LogP contribution in [0.4, 0.5) is 11.4 Å². The Kier molecular flexibility index (Phi) is 4.73. The summed E-state index contributed by atoms with van der Waals surface area (Å²) in [5, 5.41) is 0. The minimum absolute atomic E-state index is 0.0770. The highest BCUT2D eigenvalue weighted by molar-refractivity contribution is 6.02. The third-order valence-electron chi connectivity index (χ3n) is 6.43. The standard InChI is InChI=1S/C23H26N2O2/c1-24(18-9-5-3-6-10-18)22(26)20-16-13-14-17(15-16)21(20)23(27)25(2)19-11-7-4-8-12-19/h3-12,16-17,20-21H,13-15H2,1-2H3. The van der Waals surface area contributed by atoms with Crippen molar-refractivity contribution in [3.63, 3.8) is 0 Å². The van der Waals surface area contributed by atoms with E-state index in [0.717, 1.165) is 30.6 Å². The van der Waals surface area contributed by atoms with E-state index in [2.05, 4.69) is 0 Å². The monoisotopic (exact) mass is 362 g/mol.